The van der Waals surface area contributed by atoms with E-state index in [9.17, 15) is 4.79 Å². The number of benzene rings is 1. The molecule has 1 aromatic carbocycles. The molecule has 5 nitrogen and oxygen atoms in total. The number of nitrogen functional groups attached to an aromatic ring is 1. The second-order valence-corrected chi connectivity index (χ2v) is 4.32. The van der Waals surface area contributed by atoms with E-state index >= 15 is 0 Å². The van der Waals surface area contributed by atoms with Crippen LogP contribution >= 0.6 is 0 Å². The minimum Gasteiger partial charge on any atom is -0.382 e. The fourth-order valence-corrected chi connectivity index (χ4v) is 1.77. The number of carbonyl (C=O) groups is 1. The summed E-state index contributed by atoms with van der Waals surface area (Å²) in [6, 6.07) is 8.20. The summed E-state index contributed by atoms with van der Waals surface area (Å²) in [7, 11) is 0. The van der Waals surface area contributed by atoms with Gasteiger partial charge >= 0.3 is 0 Å². The first kappa shape index (κ1) is 13.0. The van der Waals surface area contributed by atoms with Gasteiger partial charge in [-0.1, -0.05) is 29.8 Å². The normalized spacial score (nSPS) is 10.2. The Kier molecular flexibility index (Phi) is 4.07. The Balaban J connectivity index is 1.87. The van der Waals surface area contributed by atoms with E-state index in [0.29, 0.717) is 6.54 Å². The molecule has 0 fully saturated rings. The van der Waals surface area contributed by atoms with E-state index in [4.69, 9.17) is 5.73 Å². The van der Waals surface area contributed by atoms with E-state index in [0.717, 1.165) is 6.42 Å². The number of hydrogen-bond donors (Lipinski definition) is 2. The van der Waals surface area contributed by atoms with Gasteiger partial charge in [-0.25, -0.2) is 4.98 Å². The lowest BCUT2D eigenvalue weighted by Crippen LogP contribution is -2.26. The molecule has 0 unspecified atom stereocenters. The molecule has 1 heterocycles. The van der Waals surface area contributed by atoms with E-state index in [1.165, 1.54) is 23.5 Å². The molecule has 0 radical (unpaired) electrons. The maximum atomic E-state index is 11.8. The zero-order valence-electron chi connectivity index (χ0n) is 10.8. The smallest absolute Gasteiger partial charge is 0.271 e. The molecule has 0 aliphatic heterocycles. The van der Waals surface area contributed by atoms with Gasteiger partial charge in [0.1, 0.15) is 11.5 Å². The Morgan fingerprint density at radius 3 is 2.95 bits per heavy atom. The number of nitrogens with zero attached hydrogens (tertiary/aromatic N) is 2. The molecule has 19 heavy (non-hydrogen) atoms. The zero-order chi connectivity index (χ0) is 13.7. The summed E-state index contributed by atoms with van der Waals surface area (Å²) < 4.78 is 0. The van der Waals surface area contributed by atoms with E-state index in [1.807, 2.05) is 25.1 Å². The van der Waals surface area contributed by atoms with Gasteiger partial charge in [0, 0.05) is 6.54 Å². The quantitative estimate of drug-likeness (QED) is 0.865. The highest BCUT2D eigenvalue weighted by Gasteiger charge is 2.07. The third kappa shape index (κ3) is 3.77. The summed E-state index contributed by atoms with van der Waals surface area (Å²) in [6.45, 7) is 2.60. The van der Waals surface area contributed by atoms with Crippen molar-refractivity contribution < 1.29 is 4.79 Å². The van der Waals surface area contributed by atoms with Gasteiger partial charge in [0.25, 0.3) is 5.91 Å². The molecule has 1 aromatic heterocycles. The van der Waals surface area contributed by atoms with Crippen molar-refractivity contribution >= 4 is 11.7 Å². The van der Waals surface area contributed by atoms with Crippen molar-refractivity contribution in [2.75, 3.05) is 12.3 Å². The first-order valence-corrected chi connectivity index (χ1v) is 6.06. The fraction of sp³-hybridized carbons (Fsp3) is 0.214. The topological polar surface area (TPSA) is 80.9 Å². The minimum atomic E-state index is -0.257. The average molecular weight is 256 g/mol. The summed E-state index contributed by atoms with van der Waals surface area (Å²) in [5.74, 6) is -0.0150. The molecule has 2 aromatic rings. The first-order chi connectivity index (χ1) is 9.15. The summed E-state index contributed by atoms with van der Waals surface area (Å²) in [5.41, 5.74) is 8.13. The van der Waals surface area contributed by atoms with Crippen molar-refractivity contribution in [3.63, 3.8) is 0 Å². The van der Waals surface area contributed by atoms with E-state index in [2.05, 4.69) is 21.4 Å². The highest BCUT2D eigenvalue weighted by molar-refractivity contribution is 5.92. The summed E-state index contributed by atoms with van der Waals surface area (Å²) in [6.07, 6.45) is 3.59. The molecule has 3 N–H and O–H groups in total. The van der Waals surface area contributed by atoms with Crippen LogP contribution in [0.1, 0.15) is 21.6 Å². The van der Waals surface area contributed by atoms with Gasteiger partial charge in [-0.3, -0.25) is 9.78 Å². The molecule has 5 heteroatoms. The van der Waals surface area contributed by atoms with Gasteiger partial charge < -0.3 is 11.1 Å². The predicted octanol–water partition coefficient (Wildman–Crippen LogP) is 1.34. The lowest BCUT2D eigenvalue weighted by atomic mass is 10.1. The summed E-state index contributed by atoms with van der Waals surface area (Å²) in [5, 5.41) is 2.80. The second kappa shape index (κ2) is 5.95. The Bertz CT molecular complexity index is 583. The SMILES string of the molecule is Cc1cccc(CCNC(=O)c2cncc(N)n2)c1. The monoisotopic (exact) mass is 256 g/mol. The van der Waals surface area contributed by atoms with Crippen molar-refractivity contribution in [3.8, 4) is 0 Å². The first-order valence-electron chi connectivity index (χ1n) is 6.06. The molecule has 1 amide bonds. The molecule has 0 saturated carbocycles. The molecule has 98 valence electrons. The molecule has 2 rings (SSSR count). The molecule has 0 aliphatic carbocycles. The fourth-order valence-electron chi connectivity index (χ4n) is 1.77. The molecule has 0 atom stereocenters. The van der Waals surface area contributed by atoms with E-state index in [1.54, 1.807) is 0 Å². The number of hydrogen-bond acceptors (Lipinski definition) is 4. The van der Waals surface area contributed by atoms with Crippen LogP contribution in [0.15, 0.2) is 36.7 Å². The number of nitrogens with one attached hydrogen (secondary N) is 1. The average Bonchev–Trinajstić information content (AvgIpc) is 2.38. The Morgan fingerprint density at radius 2 is 2.21 bits per heavy atom. The van der Waals surface area contributed by atoms with Gasteiger partial charge in [-0.15, -0.1) is 0 Å². The van der Waals surface area contributed by atoms with Gasteiger partial charge in [0.15, 0.2) is 0 Å². The van der Waals surface area contributed by atoms with E-state index in [-0.39, 0.29) is 17.4 Å². The molecule has 0 spiro atoms. The lowest BCUT2D eigenvalue weighted by molar-refractivity contribution is 0.0949. The van der Waals surface area contributed by atoms with Crippen LogP contribution in [0.2, 0.25) is 0 Å². The third-order valence-electron chi connectivity index (χ3n) is 2.67. The number of amides is 1. The van der Waals surface area contributed by atoms with Crippen LogP contribution < -0.4 is 11.1 Å². The third-order valence-corrected chi connectivity index (χ3v) is 2.67. The summed E-state index contributed by atoms with van der Waals surface area (Å²) >= 11 is 0. The van der Waals surface area contributed by atoms with Crippen molar-refractivity contribution in [3.05, 3.63) is 53.5 Å². The number of nitrogens with two attached hydrogens (primary N) is 1. The van der Waals surface area contributed by atoms with Crippen molar-refractivity contribution in [1.82, 2.24) is 15.3 Å². The highest BCUT2D eigenvalue weighted by atomic mass is 16.1. The molecular weight excluding hydrogens is 240 g/mol. The van der Waals surface area contributed by atoms with Gasteiger partial charge in [-0.2, -0.15) is 0 Å². The van der Waals surface area contributed by atoms with Crippen LogP contribution in [0.25, 0.3) is 0 Å². The van der Waals surface area contributed by atoms with E-state index < -0.39 is 0 Å². The van der Waals surface area contributed by atoms with Crippen molar-refractivity contribution in [2.24, 2.45) is 0 Å². The summed E-state index contributed by atoms with van der Waals surface area (Å²) in [4.78, 5) is 19.5. The molecular formula is C14H16N4O. The number of anilines is 1. The maximum Gasteiger partial charge on any atom is 0.271 e. The standard InChI is InChI=1S/C14H16N4O/c1-10-3-2-4-11(7-10)5-6-17-14(19)12-8-16-9-13(15)18-12/h2-4,7-9H,5-6H2,1H3,(H2,15,18)(H,17,19). The zero-order valence-corrected chi connectivity index (χ0v) is 10.8. The molecule has 0 saturated heterocycles. The van der Waals surface area contributed by atoms with Gasteiger partial charge in [-0.05, 0) is 18.9 Å². The highest BCUT2D eigenvalue weighted by Crippen LogP contribution is 2.04. The second-order valence-electron chi connectivity index (χ2n) is 4.32. The number of rotatable bonds is 4. The minimum absolute atomic E-state index is 0.240. The van der Waals surface area contributed by atoms with Crippen molar-refractivity contribution in [2.45, 2.75) is 13.3 Å². The Hall–Kier alpha value is -2.43. The number of aryl methyl sites for hydroxylation is 1. The molecule has 0 bridgehead atoms. The lowest BCUT2D eigenvalue weighted by Gasteiger charge is -2.05. The van der Waals surface area contributed by atoms with Gasteiger partial charge in [0.2, 0.25) is 0 Å². The maximum absolute atomic E-state index is 11.8. The number of aromatic nitrogens is 2. The Morgan fingerprint density at radius 1 is 1.37 bits per heavy atom. The van der Waals surface area contributed by atoms with Crippen LogP contribution in [-0.2, 0) is 6.42 Å². The van der Waals surface area contributed by atoms with Crippen LogP contribution in [0.3, 0.4) is 0 Å². The predicted molar refractivity (Wildman–Crippen MR) is 73.7 cm³/mol. The van der Waals surface area contributed by atoms with Crippen LogP contribution in [0.5, 0.6) is 0 Å². The van der Waals surface area contributed by atoms with Crippen molar-refractivity contribution in [1.29, 1.82) is 0 Å². The van der Waals surface area contributed by atoms with Crippen LogP contribution in [-0.4, -0.2) is 22.4 Å². The largest absolute Gasteiger partial charge is 0.382 e. The van der Waals surface area contributed by atoms with Crippen LogP contribution in [0.4, 0.5) is 5.82 Å². The Labute approximate surface area is 111 Å². The van der Waals surface area contributed by atoms with Gasteiger partial charge in [0.05, 0.1) is 12.4 Å². The number of carbonyl (C=O) groups excluding carboxylic acids is 1. The van der Waals surface area contributed by atoms with Crippen LogP contribution in [0, 0.1) is 6.92 Å². The molecule has 0 aliphatic rings.